The molecule has 1 aromatic carbocycles. The van der Waals surface area contributed by atoms with Gasteiger partial charge < -0.3 is 4.74 Å². The molecule has 0 spiro atoms. The summed E-state index contributed by atoms with van der Waals surface area (Å²) in [4.78, 5) is 8.33. The van der Waals surface area contributed by atoms with Crippen LogP contribution in [0.15, 0.2) is 35.4 Å². The van der Waals surface area contributed by atoms with E-state index in [1.807, 2.05) is 18.4 Å². The van der Waals surface area contributed by atoms with E-state index in [0.717, 1.165) is 11.1 Å². The van der Waals surface area contributed by atoms with E-state index in [0.29, 0.717) is 5.75 Å². The van der Waals surface area contributed by atoms with Gasteiger partial charge in [0.05, 0.1) is 6.20 Å². The first-order chi connectivity index (χ1) is 8.74. The lowest BCUT2D eigenvalue weighted by Crippen LogP contribution is -2.11. The molecule has 0 fully saturated rings. The first-order valence-electron chi connectivity index (χ1n) is 5.04. The second kappa shape index (κ2) is 5.65. The third-order valence-corrected chi connectivity index (χ3v) is 2.89. The third kappa shape index (κ3) is 2.69. The molecule has 1 aromatic heterocycles. The number of hydrogen-bond donors (Lipinski definition) is 2. The lowest BCUT2D eigenvalue weighted by molar-refractivity contribution is 0.413. The van der Waals surface area contributed by atoms with Crippen LogP contribution < -0.4 is 16.0 Å². The van der Waals surface area contributed by atoms with Crippen molar-refractivity contribution in [2.75, 3.05) is 11.7 Å². The number of nitrogens with zero attached hydrogens (tertiary/aromatic N) is 2. The highest BCUT2D eigenvalue weighted by Crippen LogP contribution is 2.31. The molecule has 0 amide bonds. The first kappa shape index (κ1) is 12.6. The molecule has 0 bridgehead atoms. The number of nitrogens with one attached hydrogen (secondary N) is 1. The van der Waals surface area contributed by atoms with Crippen LogP contribution >= 0.6 is 11.8 Å². The number of rotatable bonds is 4. The van der Waals surface area contributed by atoms with Crippen molar-refractivity contribution in [1.82, 2.24) is 9.97 Å². The largest absolute Gasteiger partial charge is 0.435 e. The molecular formula is C11H11FN4OS. The SMILES string of the molecule is CSc1ccccc1Oc1nc(NN)ncc1F. The van der Waals surface area contributed by atoms with Crippen LogP contribution in [0.5, 0.6) is 11.6 Å². The highest BCUT2D eigenvalue weighted by atomic mass is 32.2. The van der Waals surface area contributed by atoms with Gasteiger partial charge in [-0.05, 0) is 18.4 Å². The Bertz CT molecular complexity index is 552. The van der Waals surface area contributed by atoms with Crippen LogP contribution in [0.2, 0.25) is 0 Å². The zero-order valence-electron chi connectivity index (χ0n) is 9.55. The summed E-state index contributed by atoms with van der Waals surface area (Å²) in [5.74, 6) is 4.97. The molecule has 0 aliphatic rings. The molecule has 0 radical (unpaired) electrons. The predicted octanol–water partition coefficient (Wildman–Crippen LogP) is 2.42. The molecule has 1 heterocycles. The number of thioether (sulfide) groups is 1. The number of aromatic nitrogens is 2. The molecule has 3 N–H and O–H groups in total. The fourth-order valence-corrected chi connectivity index (χ4v) is 1.83. The van der Waals surface area contributed by atoms with Crippen LogP contribution in [0.25, 0.3) is 0 Å². The monoisotopic (exact) mass is 266 g/mol. The van der Waals surface area contributed by atoms with Gasteiger partial charge in [-0.15, -0.1) is 11.8 Å². The summed E-state index contributed by atoms with van der Waals surface area (Å²) in [5.41, 5.74) is 2.23. The summed E-state index contributed by atoms with van der Waals surface area (Å²) in [6.07, 6.45) is 2.91. The molecule has 0 aliphatic heterocycles. The van der Waals surface area contributed by atoms with Gasteiger partial charge in [0.2, 0.25) is 11.8 Å². The Morgan fingerprint density at radius 2 is 2.17 bits per heavy atom. The van der Waals surface area contributed by atoms with Crippen molar-refractivity contribution in [3.05, 3.63) is 36.3 Å². The Balaban J connectivity index is 2.33. The number of ether oxygens (including phenoxy) is 1. The van der Waals surface area contributed by atoms with Gasteiger partial charge in [-0.1, -0.05) is 12.1 Å². The molecule has 94 valence electrons. The van der Waals surface area contributed by atoms with Crippen molar-refractivity contribution in [1.29, 1.82) is 0 Å². The Kier molecular flexibility index (Phi) is 3.96. The van der Waals surface area contributed by atoms with E-state index >= 15 is 0 Å². The zero-order chi connectivity index (χ0) is 13.0. The van der Waals surface area contributed by atoms with E-state index in [1.54, 1.807) is 12.1 Å². The molecule has 2 aromatic rings. The lowest BCUT2D eigenvalue weighted by atomic mass is 10.3. The van der Waals surface area contributed by atoms with Gasteiger partial charge in [0, 0.05) is 4.90 Å². The van der Waals surface area contributed by atoms with Crippen LogP contribution in [0.3, 0.4) is 0 Å². The molecule has 0 aliphatic carbocycles. The highest BCUT2D eigenvalue weighted by molar-refractivity contribution is 7.98. The van der Waals surface area contributed by atoms with E-state index < -0.39 is 5.82 Å². The van der Waals surface area contributed by atoms with Crippen molar-refractivity contribution in [2.24, 2.45) is 5.84 Å². The quantitative estimate of drug-likeness (QED) is 0.503. The summed E-state index contributed by atoms with van der Waals surface area (Å²) in [5, 5.41) is 0. The first-order valence-corrected chi connectivity index (χ1v) is 6.27. The smallest absolute Gasteiger partial charge is 0.260 e. The van der Waals surface area contributed by atoms with Crippen molar-refractivity contribution in [3.8, 4) is 11.6 Å². The number of benzene rings is 1. The summed E-state index contributed by atoms with van der Waals surface area (Å²) < 4.78 is 18.9. The molecule has 0 atom stereocenters. The predicted molar refractivity (Wildman–Crippen MR) is 68.1 cm³/mol. The average molecular weight is 266 g/mol. The second-order valence-electron chi connectivity index (χ2n) is 3.24. The van der Waals surface area contributed by atoms with Crippen LogP contribution in [0.4, 0.5) is 10.3 Å². The minimum Gasteiger partial charge on any atom is -0.435 e. The fourth-order valence-electron chi connectivity index (χ4n) is 1.30. The topological polar surface area (TPSA) is 73.1 Å². The maximum absolute atomic E-state index is 13.5. The second-order valence-corrected chi connectivity index (χ2v) is 4.09. The number of nitrogen functional groups attached to an aromatic ring is 1. The minimum absolute atomic E-state index is 0.0908. The van der Waals surface area contributed by atoms with Crippen molar-refractivity contribution < 1.29 is 9.13 Å². The number of anilines is 1. The molecule has 0 saturated heterocycles. The van der Waals surface area contributed by atoms with E-state index in [1.165, 1.54) is 11.8 Å². The summed E-state index contributed by atoms with van der Waals surface area (Å²) in [7, 11) is 0. The van der Waals surface area contributed by atoms with E-state index in [4.69, 9.17) is 10.6 Å². The van der Waals surface area contributed by atoms with Gasteiger partial charge in [0.1, 0.15) is 5.75 Å². The Labute approximate surface area is 108 Å². The van der Waals surface area contributed by atoms with Gasteiger partial charge in [-0.25, -0.2) is 10.8 Å². The van der Waals surface area contributed by atoms with Crippen LogP contribution in [-0.2, 0) is 0 Å². The number of nitrogens with two attached hydrogens (primary N) is 1. The van der Waals surface area contributed by atoms with E-state index in [-0.39, 0.29) is 11.8 Å². The molecule has 0 saturated carbocycles. The summed E-state index contributed by atoms with van der Waals surface area (Å²) >= 11 is 1.50. The molecular weight excluding hydrogens is 255 g/mol. The minimum atomic E-state index is -0.648. The van der Waals surface area contributed by atoms with Crippen LogP contribution in [0.1, 0.15) is 0 Å². The fraction of sp³-hybridized carbons (Fsp3) is 0.0909. The third-order valence-electron chi connectivity index (χ3n) is 2.12. The molecule has 2 rings (SSSR count). The summed E-state index contributed by atoms with van der Waals surface area (Å²) in [6.45, 7) is 0. The van der Waals surface area contributed by atoms with Crippen molar-refractivity contribution in [2.45, 2.75) is 4.90 Å². The van der Waals surface area contributed by atoms with Crippen LogP contribution in [0, 0.1) is 5.82 Å². The molecule has 5 nitrogen and oxygen atoms in total. The molecule has 7 heteroatoms. The number of halogens is 1. The van der Waals surface area contributed by atoms with E-state index in [2.05, 4.69) is 15.4 Å². The maximum atomic E-state index is 13.5. The number of hydrazine groups is 1. The van der Waals surface area contributed by atoms with Crippen LogP contribution in [-0.4, -0.2) is 16.2 Å². The standard InChI is InChI=1S/C11H11FN4OS/c1-18-9-5-3-2-4-8(9)17-10-7(12)6-14-11(15-10)16-13/h2-6H,13H2,1H3,(H,14,15,16). The van der Waals surface area contributed by atoms with Gasteiger partial charge in [-0.2, -0.15) is 9.37 Å². The van der Waals surface area contributed by atoms with E-state index in [9.17, 15) is 4.39 Å². The van der Waals surface area contributed by atoms with Gasteiger partial charge in [-0.3, -0.25) is 5.43 Å². The normalized spacial score (nSPS) is 10.2. The van der Waals surface area contributed by atoms with Gasteiger partial charge >= 0.3 is 0 Å². The average Bonchev–Trinajstić information content (AvgIpc) is 2.42. The summed E-state index contributed by atoms with van der Waals surface area (Å²) in [6, 6.07) is 7.29. The molecule has 18 heavy (non-hydrogen) atoms. The zero-order valence-corrected chi connectivity index (χ0v) is 10.4. The Morgan fingerprint density at radius 3 is 2.89 bits per heavy atom. The Hall–Kier alpha value is -1.86. The lowest BCUT2D eigenvalue weighted by Gasteiger charge is -2.09. The maximum Gasteiger partial charge on any atom is 0.260 e. The van der Waals surface area contributed by atoms with Crippen molar-refractivity contribution >= 4 is 17.7 Å². The Morgan fingerprint density at radius 1 is 1.39 bits per heavy atom. The van der Waals surface area contributed by atoms with Gasteiger partial charge in [0.25, 0.3) is 5.88 Å². The molecule has 0 unspecified atom stereocenters. The number of para-hydroxylation sites is 1. The van der Waals surface area contributed by atoms with Gasteiger partial charge in [0.15, 0.2) is 0 Å². The number of hydrogen-bond acceptors (Lipinski definition) is 6. The van der Waals surface area contributed by atoms with Crippen molar-refractivity contribution in [3.63, 3.8) is 0 Å². The highest BCUT2D eigenvalue weighted by Gasteiger charge is 2.11.